The zero-order chi connectivity index (χ0) is 13.2. The molecule has 2 heterocycles. The third-order valence-corrected chi connectivity index (χ3v) is 3.56. The van der Waals surface area contributed by atoms with Crippen molar-refractivity contribution in [2.45, 2.75) is 33.1 Å². The summed E-state index contributed by atoms with van der Waals surface area (Å²) >= 11 is 0. The number of rotatable bonds is 5. The standard InChI is InChI=1S/C12H16N4O2/c1-3-12(4-2,10(17)18)8-9-14-15-11-13-6-5-7-16(9)11/h5-7H,3-4,8H2,1-2H3,(H,17,18). The molecule has 0 aromatic carbocycles. The van der Waals surface area contributed by atoms with E-state index in [0.717, 1.165) is 0 Å². The highest BCUT2D eigenvalue weighted by Crippen LogP contribution is 2.30. The lowest BCUT2D eigenvalue weighted by Gasteiger charge is -2.25. The van der Waals surface area contributed by atoms with E-state index in [1.165, 1.54) is 0 Å². The highest BCUT2D eigenvalue weighted by Gasteiger charge is 2.36. The van der Waals surface area contributed by atoms with Crippen LogP contribution in [-0.2, 0) is 11.2 Å². The fourth-order valence-electron chi connectivity index (χ4n) is 2.09. The average molecular weight is 248 g/mol. The first-order valence-corrected chi connectivity index (χ1v) is 6.01. The van der Waals surface area contributed by atoms with E-state index in [2.05, 4.69) is 15.2 Å². The van der Waals surface area contributed by atoms with Gasteiger partial charge < -0.3 is 5.11 Å². The summed E-state index contributed by atoms with van der Waals surface area (Å²) in [7, 11) is 0. The van der Waals surface area contributed by atoms with Crippen molar-refractivity contribution in [1.82, 2.24) is 19.6 Å². The molecule has 0 saturated carbocycles. The van der Waals surface area contributed by atoms with Gasteiger partial charge in [-0.1, -0.05) is 13.8 Å². The predicted molar refractivity (Wildman–Crippen MR) is 65.1 cm³/mol. The van der Waals surface area contributed by atoms with E-state index in [1.807, 2.05) is 13.8 Å². The first kappa shape index (κ1) is 12.5. The van der Waals surface area contributed by atoms with Crippen molar-refractivity contribution < 1.29 is 9.90 Å². The number of carboxylic acid groups (broad SMARTS) is 1. The molecule has 0 atom stereocenters. The van der Waals surface area contributed by atoms with Crippen LogP contribution in [0.15, 0.2) is 18.5 Å². The van der Waals surface area contributed by atoms with Gasteiger partial charge in [-0.2, -0.15) is 0 Å². The summed E-state index contributed by atoms with van der Waals surface area (Å²) < 4.78 is 1.74. The fraction of sp³-hybridized carbons (Fsp3) is 0.500. The van der Waals surface area contributed by atoms with Crippen LogP contribution < -0.4 is 0 Å². The van der Waals surface area contributed by atoms with Gasteiger partial charge in [-0.05, 0) is 18.9 Å². The Bertz CT molecular complexity index is 560. The third kappa shape index (κ3) is 1.94. The number of hydrogen-bond donors (Lipinski definition) is 1. The lowest BCUT2D eigenvalue weighted by molar-refractivity contribution is -0.149. The van der Waals surface area contributed by atoms with E-state index in [1.54, 1.807) is 22.9 Å². The van der Waals surface area contributed by atoms with E-state index in [-0.39, 0.29) is 0 Å². The number of carbonyl (C=O) groups is 1. The highest BCUT2D eigenvalue weighted by molar-refractivity contribution is 5.74. The first-order valence-electron chi connectivity index (χ1n) is 6.01. The zero-order valence-electron chi connectivity index (χ0n) is 10.5. The van der Waals surface area contributed by atoms with Crippen LogP contribution in [0.4, 0.5) is 0 Å². The number of hydrogen-bond acceptors (Lipinski definition) is 4. The van der Waals surface area contributed by atoms with Gasteiger partial charge in [-0.15, -0.1) is 10.2 Å². The summed E-state index contributed by atoms with van der Waals surface area (Å²) in [6, 6.07) is 1.78. The van der Waals surface area contributed by atoms with Crippen LogP contribution >= 0.6 is 0 Å². The molecule has 1 N–H and O–H groups in total. The number of fused-ring (bicyclic) bond motifs is 1. The van der Waals surface area contributed by atoms with Gasteiger partial charge in [0.2, 0.25) is 0 Å². The van der Waals surface area contributed by atoms with E-state index >= 15 is 0 Å². The van der Waals surface area contributed by atoms with Crippen LogP contribution in [0.25, 0.3) is 5.78 Å². The largest absolute Gasteiger partial charge is 0.481 e. The van der Waals surface area contributed by atoms with Crippen molar-refractivity contribution in [2.75, 3.05) is 0 Å². The Hall–Kier alpha value is -1.98. The van der Waals surface area contributed by atoms with Gasteiger partial charge in [0.05, 0.1) is 5.41 Å². The Kier molecular flexibility index (Phi) is 3.27. The molecule has 6 nitrogen and oxygen atoms in total. The molecule has 0 amide bonds. The van der Waals surface area contributed by atoms with Crippen molar-refractivity contribution >= 4 is 11.7 Å². The summed E-state index contributed by atoms with van der Waals surface area (Å²) in [5.74, 6) is 0.358. The minimum atomic E-state index is -0.784. The lowest BCUT2D eigenvalue weighted by Crippen LogP contribution is -2.32. The fourth-order valence-corrected chi connectivity index (χ4v) is 2.09. The highest BCUT2D eigenvalue weighted by atomic mass is 16.4. The van der Waals surface area contributed by atoms with E-state index in [0.29, 0.717) is 30.9 Å². The molecular weight excluding hydrogens is 232 g/mol. The molecule has 0 saturated heterocycles. The second kappa shape index (κ2) is 4.72. The van der Waals surface area contributed by atoms with Gasteiger partial charge in [0.15, 0.2) is 0 Å². The monoisotopic (exact) mass is 248 g/mol. The Labute approximate surface area is 105 Å². The first-order chi connectivity index (χ1) is 8.63. The minimum absolute atomic E-state index is 0.363. The molecule has 0 bridgehead atoms. The van der Waals surface area contributed by atoms with Crippen molar-refractivity contribution in [2.24, 2.45) is 5.41 Å². The zero-order valence-corrected chi connectivity index (χ0v) is 10.5. The summed E-state index contributed by atoms with van der Waals surface area (Å²) in [5, 5.41) is 17.4. The van der Waals surface area contributed by atoms with Crippen LogP contribution in [-0.4, -0.2) is 30.7 Å². The minimum Gasteiger partial charge on any atom is -0.481 e. The number of aromatic nitrogens is 4. The maximum absolute atomic E-state index is 11.5. The molecular formula is C12H16N4O2. The van der Waals surface area contributed by atoms with Gasteiger partial charge in [0.1, 0.15) is 5.82 Å². The third-order valence-electron chi connectivity index (χ3n) is 3.56. The number of aliphatic carboxylic acids is 1. The summed E-state index contributed by atoms with van der Waals surface area (Å²) in [6.45, 7) is 3.78. The molecule has 96 valence electrons. The van der Waals surface area contributed by atoms with Gasteiger partial charge in [0.25, 0.3) is 5.78 Å². The predicted octanol–water partition coefficient (Wildman–Crippen LogP) is 1.56. The molecule has 0 aliphatic rings. The molecule has 0 aliphatic carbocycles. The maximum atomic E-state index is 11.5. The van der Waals surface area contributed by atoms with Crippen LogP contribution in [0.5, 0.6) is 0 Å². The topological polar surface area (TPSA) is 80.4 Å². The van der Waals surface area contributed by atoms with E-state index < -0.39 is 11.4 Å². The van der Waals surface area contributed by atoms with Crippen molar-refractivity contribution in [3.05, 3.63) is 24.3 Å². The van der Waals surface area contributed by atoms with Crippen LogP contribution in [0.1, 0.15) is 32.5 Å². The molecule has 18 heavy (non-hydrogen) atoms. The smallest absolute Gasteiger partial charge is 0.310 e. The molecule has 6 heteroatoms. The quantitative estimate of drug-likeness (QED) is 0.868. The Balaban J connectivity index is 2.40. The SMILES string of the molecule is CCC(CC)(Cc1nnc2ncccn12)C(=O)O. The van der Waals surface area contributed by atoms with Gasteiger partial charge >= 0.3 is 5.97 Å². The van der Waals surface area contributed by atoms with Crippen LogP contribution in [0.3, 0.4) is 0 Å². The Morgan fingerprint density at radius 3 is 2.72 bits per heavy atom. The molecule has 0 fully saturated rings. The molecule has 0 unspecified atom stereocenters. The molecule has 2 aromatic rings. The molecule has 2 aromatic heterocycles. The Morgan fingerprint density at radius 1 is 1.39 bits per heavy atom. The average Bonchev–Trinajstić information content (AvgIpc) is 2.79. The van der Waals surface area contributed by atoms with Crippen molar-refractivity contribution in [3.63, 3.8) is 0 Å². The number of nitrogens with zero attached hydrogens (tertiary/aromatic N) is 4. The molecule has 0 aliphatic heterocycles. The maximum Gasteiger partial charge on any atom is 0.310 e. The molecule has 0 spiro atoms. The normalized spacial score (nSPS) is 11.9. The molecule has 2 rings (SSSR count). The summed E-state index contributed by atoms with van der Waals surface area (Å²) in [4.78, 5) is 15.5. The second-order valence-corrected chi connectivity index (χ2v) is 4.38. The van der Waals surface area contributed by atoms with Gasteiger partial charge in [0, 0.05) is 18.8 Å². The van der Waals surface area contributed by atoms with Crippen LogP contribution in [0, 0.1) is 5.41 Å². The van der Waals surface area contributed by atoms with Gasteiger partial charge in [-0.25, -0.2) is 4.98 Å². The van der Waals surface area contributed by atoms with E-state index in [4.69, 9.17) is 0 Å². The van der Waals surface area contributed by atoms with Gasteiger partial charge in [-0.3, -0.25) is 9.20 Å². The Morgan fingerprint density at radius 2 is 2.11 bits per heavy atom. The molecule has 0 radical (unpaired) electrons. The van der Waals surface area contributed by atoms with Crippen LogP contribution in [0.2, 0.25) is 0 Å². The number of carboxylic acids is 1. The second-order valence-electron chi connectivity index (χ2n) is 4.38. The summed E-state index contributed by atoms with van der Waals surface area (Å²) in [6.07, 6.45) is 4.93. The van der Waals surface area contributed by atoms with Crippen molar-refractivity contribution in [3.8, 4) is 0 Å². The summed E-state index contributed by atoms with van der Waals surface area (Å²) in [5.41, 5.74) is -0.779. The van der Waals surface area contributed by atoms with Crippen molar-refractivity contribution in [1.29, 1.82) is 0 Å². The lowest BCUT2D eigenvalue weighted by atomic mass is 9.79. The van der Waals surface area contributed by atoms with E-state index in [9.17, 15) is 9.90 Å².